The van der Waals surface area contributed by atoms with Crippen LogP contribution in [0.5, 0.6) is 0 Å². The van der Waals surface area contributed by atoms with Gasteiger partial charge < -0.3 is 10.4 Å². The Morgan fingerprint density at radius 3 is 2.88 bits per heavy atom. The van der Waals surface area contributed by atoms with Crippen LogP contribution in [0, 0.1) is 11.7 Å². The number of carbonyl (C=O) groups excluding carboxylic acids is 1. The van der Waals surface area contributed by atoms with Crippen LogP contribution in [0.3, 0.4) is 0 Å². The van der Waals surface area contributed by atoms with Crippen LogP contribution in [0.4, 0.5) is 10.1 Å². The first-order chi connectivity index (χ1) is 7.98. The lowest BCUT2D eigenvalue weighted by atomic mass is 9.94. The zero-order valence-corrected chi connectivity index (χ0v) is 10.0. The Hall–Kier alpha value is -1.43. The molecule has 1 spiro atoms. The second-order valence-corrected chi connectivity index (χ2v) is 5.10. The normalized spacial score (nSPS) is 29.1. The van der Waals surface area contributed by atoms with E-state index in [9.17, 15) is 14.0 Å². The number of carboxylic acids is 1. The van der Waals surface area contributed by atoms with E-state index in [-0.39, 0.29) is 16.8 Å². The third kappa shape index (κ3) is 1.16. The van der Waals surface area contributed by atoms with Gasteiger partial charge in [-0.1, -0.05) is 0 Å². The van der Waals surface area contributed by atoms with Gasteiger partial charge in [0.2, 0.25) is 5.91 Å². The molecule has 0 bridgehead atoms. The molecule has 1 aliphatic carbocycles. The summed E-state index contributed by atoms with van der Waals surface area (Å²) >= 11 is 3.09. The van der Waals surface area contributed by atoms with Crippen molar-refractivity contribution in [3.8, 4) is 0 Å². The number of carboxylic acid groups (broad SMARTS) is 1. The van der Waals surface area contributed by atoms with Crippen LogP contribution >= 0.6 is 15.9 Å². The number of halogens is 2. The molecule has 3 rings (SSSR count). The average Bonchev–Trinajstić information content (AvgIpc) is 2.93. The van der Waals surface area contributed by atoms with Crippen molar-refractivity contribution < 1.29 is 19.1 Å². The Morgan fingerprint density at radius 1 is 1.59 bits per heavy atom. The van der Waals surface area contributed by atoms with Gasteiger partial charge in [-0.05, 0) is 34.5 Å². The fourth-order valence-electron chi connectivity index (χ4n) is 2.53. The third-order valence-electron chi connectivity index (χ3n) is 3.45. The van der Waals surface area contributed by atoms with Crippen molar-refractivity contribution >= 4 is 33.5 Å². The fourth-order valence-corrected chi connectivity index (χ4v) is 3.23. The second kappa shape index (κ2) is 3.07. The molecule has 88 valence electrons. The van der Waals surface area contributed by atoms with Crippen LogP contribution in [-0.2, 0) is 15.0 Å². The lowest BCUT2D eigenvalue weighted by molar-refractivity contribution is -0.140. The topological polar surface area (TPSA) is 66.4 Å². The van der Waals surface area contributed by atoms with E-state index in [0.717, 1.165) is 0 Å². The maximum Gasteiger partial charge on any atom is 0.307 e. The molecule has 1 fully saturated rings. The van der Waals surface area contributed by atoms with Crippen molar-refractivity contribution in [1.29, 1.82) is 0 Å². The highest BCUT2D eigenvalue weighted by molar-refractivity contribution is 9.10. The van der Waals surface area contributed by atoms with Gasteiger partial charge in [0.05, 0.1) is 15.8 Å². The zero-order chi connectivity index (χ0) is 12.4. The molecule has 1 aliphatic heterocycles. The quantitative estimate of drug-likeness (QED) is 0.832. The van der Waals surface area contributed by atoms with Crippen molar-refractivity contribution in [3.05, 3.63) is 28.0 Å². The summed E-state index contributed by atoms with van der Waals surface area (Å²) < 4.78 is 13.6. The van der Waals surface area contributed by atoms with Gasteiger partial charge in [-0.15, -0.1) is 0 Å². The van der Waals surface area contributed by atoms with Gasteiger partial charge in [0.1, 0.15) is 5.82 Å². The number of nitrogens with one attached hydrogen (secondary N) is 1. The average molecular weight is 300 g/mol. The highest BCUT2D eigenvalue weighted by Crippen LogP contribution is 2.61. The molecule has 1 amide bonds. The standard InChI is InChI=1S/C11H7BrFNO3/c12-8-5(13)1-2-6-7(8)11(10(17)14-6)3-4(11)9(15)16/h1-2,4H,3H2,(H,14,17)(H,15,16). The Labute approximate surface area is 104 Å². The van der Waals surface area contributed by atoms with Crippen molar-refractivity contribution in [1.82, 2.24) is 0 Å². The number of amides is 1. The number of hydrogen-bond acceptors (Lipinski definition) is 2. The molecule has 2 aliphatic rings. The number of aliphatic carboxylic acids is 1. The predicted molar refractivity (Wildman–Crippen MR) is 60.2 cm³/mol. The highest BCUT2D eigenvalue weighted by atomic mass is 79.9. The summed E-state index contributed by atoms with van der Waals surface area (Å²) in [6, 6.07) is 2.69. The summed E-state index contributed by atoms with van der Waals surface area (Å²) in [5.74, 6) is -2.63. The minimum atomic E-state index is -1.08. The minimum Gasteiger partial charge on any atom is -0.481 e. The molecule has 6 heteroatoms. The number of benzene rings is 1. The fraction of sp³-hybridized carbons (Fsp3) is 0.273. The van der Waals surface area contributed by atoms with Gasteiger partial charge in [-0.2, -0.15) is 0 Å². The number of fused-ring (bicyclic) bond motifs is 2. The number of rotatable bonds is 1. The van der Waals surface area contributed by atoms with Crippen LogP contribution in [0.15, 0.2) is 16.6 Å². The lowest BCUT2D eigenvalue weighted by Crippen LogP contribution is -2.24. The molecular formula is C11H7BrFNO3. The summed E-state index contributed by atoms with van der Waals surface area (Å²) in [4.78, 5) is 22.9. The molecule has 2 N–H and O–H groups in total. The molecule has 17 heavy (non-hydrogen) atoms. The maximum absolute atomic E-state index is 13.5. The summed E-state index contributed by atoms with van der Waals surface area (Å²) in [5.41, 5.74) is -0.149. The second-order valence-electron chi connectivity index (χ2n) is 4.30. The Bertz CT molecular complexity index is 574. The predicted octanol–water partition coefficient (Wildman–Crippen LogP) is 1.88. The summed E-state index contributed by atoms with van der Waals surface area (Å²) in [6.45, 7) is 0. The monoisotopic (exact) mass is 299 g/mol. The minimum absolute atomic E-state index is 0.178. The molecule has 0 radical (unpaired) electrons. The number of hydrogen-bond donors (Lipinski definition) is 2. The van der Waals surface area contributed by atoms with E-state index in [1.54, 1.807) is 0 Å². The molecule has 4 nitrogen and oxygen atoms in total. The van der Waals surface area contributed by atoms with Gasteiger partial charge in [0.25, 0.3) is 0 Å². The summed E-state index contributed by atoms with van der Waals surface area (Å²) in [7, 11) is 0. The van der Waals surface area contributed by atoms with Gasteiger partial charge in [-0.3, -0.25) is 9.59 Å². The lowest BCUT2D eigenvalue weighted by Gasteiger charge is -2.09. The Balaban J connectivity index is 2.21. The smallest absolute Gasteiger partial charge is 0.307 e. The SMILES string of the molecule is O=C(O)C1CC12C(=O)Nc1ccc(F)c(Br)c12. The van der Waals surface area contributed by atoms with E-state index in [1.165, 1.54) is 12.1 Å². The van der Waals surface area contributed by atoms with E-state index in [4.69, 9.17) is 5.11 Å². The molecule has 1 heterocycles. The van der Waals surface area contributed by atoms with Crippen LogP contribution in [0.2, 0.25) is 0 Å². The van der Waals surface area contributed by atoms with Crippen molar-refractivity contribution in [3.63, 3.8) is 0 Å². The summed E-state index contributed by atoms with van der Waals surface area (Å²) in [5, 5.41) is 11.6. The van der Waals surface area contributed by atoms with Crippen LogP contribution in [0.1, 0.15) is 12.0 Å². The molecule has 1 aromatic carbocycles. The molecular weight excluding hydrogens is 293 g/mol. The van der Waals surface area contributed by atoms with Crippen molar-refractivity contribution in [2.24, 2.45) is 5.92 Å². The first kappa shape index (κ1) is 10.7. The van der Waals surface area contributed by atoms with E-state index in [2.05, 4.69) is 21.2 Å². The molecule has 0 aromatic heterocycles. The maximum atomic E-state index is 13.5. The van der Waals surface area contributed by atoms with Crippen LogP contribution in [-0.4, -0.2) is 17.0 Å². The van der Waals surface area contributed by atoms with Gasteiger partial charge in [0, 0.05) is 11.3 Å². The molecule has 2 unspecified atom stereocenters. The van der Waals surface area contributed by atoms with Crippen molar-refractivity contribution in [2.45, 2.75) is 11.8 Å². The third-order valence-corrected chi connectivity index (χ3v) is 4.23. The van der Waals surface area contributed by atoms with E-state index >= 15 is 0 Å². The first-order valence-corrected chi connectivity index (χ1v) is 5.80. The number of anilines is 1. The van der Waals surface area contributed by atoms with E-state index < -0.39 is 23.1 Å². The first-order valence-electron chi connectivity index (χ1n) is 5.01. The van der Waals surface area contributed by atoms with Crippen molar-refractivity contribution in [2.75, 3.05) is 5.32 Å². The highest BCUT2D eigenvalue weighted by Gasteiger charge is 2.69. The van der Waals surface area contributed by atoms with Gasteiger partial charge >= 0.3 is 5.97 Å². The molecule has 0 saturated heterocycles. The Kier molecular flexibility index (Phi) is 1.93. The van der Waals surface area contributed by atoms with Crippen LogP contribution in [0.25, 0.3) is 0 Å². The largest absolute Gasteiger partial charge is 0.481 e. The molecule has 1 aromatic rings. The zero-order valence-electron chi connectivity index (χ0n) is 8.46. The number of carbonyl (C=O) groups is 2. The van der Waals surface area contributed by atoms with Gasteiger partial charge in [-0.25, -0.2) is 4.39 Å². The Morgan fingerprint density at radius 2 is 2.29 bits per heavy atom. The molecule has 2 atom stereocenters. The van der Waals surface area contributed by atoms with E-state index in [0.29, 0.717) is 11.3 Å². The van der Waals surface area contributed by atoms with Crippen LogP contribution < -0.4 is 5.32 Å². The summed E-state index contributed by atoms with van der Waals surface area (Å²) in [6.07, 6.45) is 0.225. The molecule has 1 saturated carbocycles. The van der Waals surface area contributed by atoms with E-state index in [1.807, 2.05) is 0 Å². The van der Waals surface area contributed by atoms with Gasteiger partial charge in [0.15, 0.2) is 0 Å².